The molecule has 0 saturated heterocycles. The zero-order chi connectivity index (χ0) is 42.1. The Hall–Kier alpha value is -7.78. The maximum Gasteiger partial charge on any atom is 0.0991 e. The molecule has 0 saturated carbocycles. The molecule has 12 rings (SSSR count). The van der Waals surface area contributed by atoms with Crippen LogP contribution in [-0.2, 0) is 10.8 Å². The molecular formula is C60H40N2. The molecule has 62 heavy (non-hydrogen) atoms. The maximum atomic E-state index is 10.1. The minimum Gasteiger partial charge on any atom is -0.192 e. The van der Waals surface area contributed by atoms with Crippen LogP contribution in [0.2, 0.25) is 0 Å². The highest BCUT2D eigenvalue weighted by Gasteiger charge is 2.37. The van der Waals surface area contributed by atoms with Gasteiger partial charge in [0.15, 0.2) is 0 Å². The van der Waals surface area contributed by atoms with Gasteiger partial charge in [0.25, 0.3) is 0 Å². The van der Waals surface area contributed by atoms with Crippen molar-refractivity contribution in [2.24, 2.45) is 0 Å². The maximum absolute atomic E-state index is 10.1. The SMILES string of the molecule is CC1(C)c2ccccc2-c2cc(-c3cc(-c4cccc(C#N)c4)c4ccc5c(-c6ccc7c(c6)-c6ccccc6C7(C)C)cc(-c6cccc(C#N)c6)c6ccc3c4c65)ccc21. The molecule has 0 radical (unpaired) electrons. The van der Waals surface area contributed by atoms with Crippen LogP contribution in [0, 0.1) is 22.7 Å². The van der Waals surface area contributed by atoms with E-state index in [9.17, 15) is 10.5 Å². The van der Waals surface area contributed by atoms with Gasteiger partial charge >= 0.3 is 0 Å². The summed E-state index contributed by atoms with van der Waals surface area (Å²) in [5.41, 5.74) is 20.5. The highest BCUT2D eigenvalue weighted by molar-refractivity contribution is 6.32. The molecule has 0 unspecified atom stereocenters. The fraction of sp³-hybridized carbons (Fsp3) is 0.100. The third-order valence-corrected chi connectivity index (χ3v) is 14.3. The third-order valence-electron chi connectivity index (χ3n) is 14.3. The van der Waals surface area contributed by atoms with Crippen molar-refractivity contribution < 1.29 is 0 Å². The quantitative estimate of drug-likeness (QED) is 0.167. The van der Waals surface area contributed by atoms with Crippen molar-refractivity contribution in [3.63, 3.8) is 0 Å². The fourth-order valence-electron chi connectivity index (χ4n) is 11.2. The highest BCUT2D eigenvalue weighted by Crippen LogP contribution is 2.54. The lowest BCUT2D eigenvalue weighted by atomic mass is 9.80. The summed E-state index contributed by atoms with van der Waals surface area (Å²) in [6.07, 6.45) is 0. The summed E-state index contributed by atoms with van der Waals surface area (Å²) in [4.78, 5) is 0. The van der Waals surface area contributed by atoms with Crippen molar-refractivity contribution in [2.45, 2.75) is 38.5 Å². The molecule has 0 bridgehead atoms. The molecule has 2 heteroatoms. The molecule has 0 fully saturated rings. The summed E-state index contributed by atoms with van der Waals surface area (Å²) < 4.78 is 0. The summed E-state index contributed by atoms with van der Waals surface area (Å²) in [7, 11) is 0. The van der Waals surface area contributed by atoms with E-state index < -0.39 is 0 Å². The second-order valence-electron chi connectivity index (χ2n) is 18.3. The van der Waals surface area contributed by atoms with Crippen LogP contribution < -0.4 is 0 Å². The van der Waals surface area contributed by atoms with Gasteiger partial charge in [0.05, 0.1) is 23.3 Å². The first-order chi connectivity index (χ1) is 30.1. The van der Waals surface area contributed by atoms with E-state index in [0.29, 0.717) is 11.1 Å². The first-order valence-corrected chi connectivity index (χ1v) is 21.4. The minimum atomic E-state index is -0.0962. The predicted octanol–water partition coefficient (Wildman–Crippen LogP) is 15.6. The van der Waals surface area contributed by atoms with Crippen LogP contribution in [0.15, 0.2) is 170 Å². The smallest absolute Gasteiger partial charge is 0.0991 e. The normalized spacial score (nSPS) is 14.0. The van der Waals surface area contributed by atoms with Crippen LogP contribution in [0.5, 0.6) is 0 Å². The molecule has 2 aliphatic carbocycles. The number of hydrogen-bond donors (Lipinski definition) is 0. The molecule has 10 aromatic carbocycles. The van der Waals surface area contributed by atoms with Gasteiger partial charge in [-0.25, -0.2) is 0 Å². The topological polar surface area (TPSA) is 47.6 Å². The molecule has 0 aliphatic heterocycles. The van der Waals surface area contributed by atoms with Crippen LogP contribution in [0.25, 0.3) is 99.1 Å². The lowest BCUT2D eigenvalue weighted by molar-refractivity contribution is 0.660. The summed E-state index contributed by atoms with van der Waals surface area (Å²) in [5, 5.41) is 27.2. The van der Waals surface area contributed by atoms with Crippen molar-refractivity contribution in [3.05, 3.63) is 203 Å². The van der Waals surface area contributed by atoms with Gasteiger partial charge in [-0.05, 0) is 170 Å². The van der Waals surface area contributed by atoms with Gasteiger partial charge in [-0.2, -0.15) is 10.5 Å². The van der Waals surface area contributed by atoms with Crippen LogP contribution in [0.4, 0.5) is 0 Å². The van der Waals surface area contributed by atoms with Crippen molar-refractivity contribution in [1.29, 1.82) is 10.5 Å². The molecule has 2 aliphatic rings. The molecule has 0 N–H and O–H groups in total. The summed E-state index contributed by atoms with van der Waals surface area (Å²) in [6.45, 7) is 9.32. The average molecular weight is 789 g/mol. The van der Waals surface area contributed by atoms with E-state index in [2.05, 4.69) is 173 Å². The summed E-state index contributed by atoms with van der Waals surface area (Å²) >= 11 is 0. The second-order valence-corrected chi connectivity index (χ2v) is 18.3. The minimum absolute atomic E-state index is 0.0962. The lowest BCUT2D eigenvalue weighted by Gasteiger charge is -2.23. The molecule has 0 atom stereocenters. The van der Waals surface area contributed by atoms with Crippen molar-refractivity contribution >= 4 is 32.3 Å². The van der Waals surface area contributed by atoms with Gasteiger partial charge in [0.1, 0.15) is 0 Å². The Kier molecular flexibility index (Phi) is 7.49. The van der Waals surface area contributed by atoms with Crippen molar-refractivity contribution in [3.8, 4) is 78.9 Å². The van der Waals surface area contributed by atoms with Gasteiger partial charge in [0, 0.05) is 10.8 Å². The highest BCUT2D eigenvalue weighted by atomic mass is 14.4. The first kappa shape index (κ1) is 36.1. The monoisotopic (exact) mass is 788 g/mol. The summed E-state index contributed by atoms with van der Waals surface area (Å²) in [5.74, 6) is 0. The van der Waals surface area contributed by atoms with E-state index in [4.69, 9.17) is 0 Å². The fourth-order valence-corrected chi connectivity index (χ4v) is 11.2. The zero-order valence-electron chi connectivity index (χ0n) is 35.1. The number of nitriles is 2. The number of nitrogens with zero attached hydrogens (tertiary/aromatic N) is 2. The number of fused-ring (bicyclic) bond motifs is 6. The zero-order valence-corrected chi connectivity index (χ0v) is 35.1. The standard InChI is InChI=1S/C60H40N2/c1-59(2)53-17-7-5-15-41(53)51-29-39(19-25-55(51)59)49-31-47(37-13-9-11-35(27-37)33-61)43-22-24-46-50(40-20-26-56-52(30-40)42-16-6-8-18-54(42)60(56,3)4)32-48(38-14-10-12-36(28-38)34-62)44-21-23-45(49)57(43)58(44)46/h5-32H,1-4H3. The van der Waals surface area contributed by atoms with Gasteiger partial charge in [-0.1, -0.05) is 149 Å². The lowest BCUT2D eigenvalue weighted by Crippen LogP contribution is -2.14. The largest absolute Gasteiger partial charge is 0.192 e. The third kappa shape index (κ3) is 4.96. The Labute approximate surface area is 361 Å². The van der Waals surface area contributed by atoms with Gasteiger partial charge in [-0.15, -0.1) is 0 Å². The van der Waals surface area contributed by atoms with Gasteiger partial charge in [0.2, 0.25) is 0 Å². The Bertz CT molecular complexity index is 3420. The molecule has 0 amide bonds. The van der Waals surface area contributed by atoms with Crippen LogP contribution in [0.3, 0.4) is 0 Å². The van der Waals surface area contributed by atoms with E-state index in [0.717, 1.165) is 55.3 Å². The molecule has 10 aromatic rings. The van der Waals surface area contributed by atoms with Gasteiger partial charge in [-0.3, -0.25) is 0 Å². The van der Waals surface area contributed by atoms with Crippen molar-refractivity contribution in [1.82, 2.24) is 0 Å². The van der Waals surface area contributed by atoms with E-state index in [1.807, 2.05) is 36.4 Å². The first-order valence-electron chi connectivity index (χ1n) is 21.4. The Morgan fingerprint density at radius 2 is 0.661 bits per heavy atom. The molecule has 0 aromatic heterocycles. The number of rotatable bonds is 4. The number of benzene rings is 10. The Balaban J connectivity index is 1.20. The average Bonchev–Trinajstić information content (AvgIpc) is 3.69. The molecule has 2 nitrogen and oxygen atoms in total. The molecular weight excluding hydrogens is 749 g/mol. The van der Waals surface area contributed by atoms with Crippen LogP contribution in [0.1, 0.15) is 61.1 Å². The van der Waals surface area contributed by atoms with E-state index in [1.165, 1.54) is 66.1 Å². The van der Waals surface area contributed by atoms with Gasteiger partial charge < -0.3 is 0 Å². The van der Waals surface area contributed by atoms with Crippen LogP contribution >= 0.6 is 0 Å². The van der Waals surface area contributed by atoms with Crippen LogP contribution in [-0.4, -0.2) is 0 Å². The molecule has 290 valence electrons. The second kappa shape index (κ2) is 12.9. The van der Waals surface area contributed by atoms with E-state index in [1.54, 1.807) is 0 Å². The molecule has 0 heterocycles. The Morgan fingerprint density at radius 3 is 1.05 bits per heavy atom. The number of hydrogen-bond acceptors (Lipinski definition) is 2. The van der Waals surface area contributed by atoms with E-state index in [-0.39, 0.29) is 10.8 Å². The molecule has 0 spiro atoms. The Morgan fingerprint density at radius 1 is 0.306 bits per heavy atom. The predicted molar refractivity (Wildman–Crippen MR) is 256 cm³/mol. The van der Waals surface area contributed by atoms with Crippen molar-refractivity contribution in [2.75, 3.05) is 0 Å². The summed E-state index contributed by atoms with van der Waals surface area (Å²) in [6, 6.07) is 66.5. The van der Waals surface area contributed by atoms with E-state index >= 15 is 0 Å².